The molecule has 2 heterocycles. The average Bonchev–Trinajstić information content (AvgIpc) is 2.58. The molecule has 53 valence electrons. The molecular weight excluding hydrogens is 142 g/mol. The molecule has 5 nitrogen and oxygen atoms in total. The molecule has 2 aromatic rings. The van der Waals surface area contributed by atoms with Crippen LogP contribution in [-0.4, -0.2) is 24.7 Å². The third-order valence-corrected chi connectivity index (χ3v) is 1.16. The van der Waals surface area contributed by atoms with Gasteiger partial charge in [-0.2, -0.15) is 5.10 Å². The molecule has 0 aliphatic carbocycles. The number of rotatable bonds is 1. The topological polar surface area (TPSA) is 56.5 Å². The van der Waals surface area contributed by atoms with E-state index in [4.69, 9.17) is 0 Å². The van der Waals surface area contributed by atoms with Gasteiger partial charge in [-0.1, -0.05) is 0 Å². The normalized spacial score (nSPS) is 9.82. The fraction of sp³-hybridized carbons (Fsp3) is 0. The number of hydrogen-bond donors (Lipinski definition) is 0. The maximum absolute atomic E-state index is 3.96. The lowest BCUT2D eigenvalue weighted by atomic mass is 10.7. The maximum atomic E-state index is 3.96. The summed E-state index contributed by atoms with van der Waals surface area (Å²) in [5.74, 6) is 0.640. The van der Waals surface area contributed by atoms with Gasteiger partial charge in [0.15, 0.2) is 5.82 Å². The fourth-order valence-corrected chi connectivity index (χ4v) is 0.702. The van der Waals surface area contributed by atoms with Crippen LogP contribution in [0.5, 0.6) is 0 Å². The molecule has 0 aromatic carbocycles. The van der Waals surface area contributed by atoms with Crippen molar-refractivity contribution < 1.29 is 0 Å². The van der Waals surface area contributed by atoms with Gasteiger partial charge in [-0.15, -0.1) is 0 Å². The Bertz CT molecular complexity index is 314. The zero-order valence-electron chi connectivity index (χ0n) is 5.55. The minimum atomic E-state index is 0.640. The van der Waals surface area contributed by atoms with E-state index in [1.165, 1.54) is 17.2 Å². The molecule has 0 aliphatic heterocycles. The lowest BCUT2D eigenvalue weighted by Gasteiger charge is -1.94. The molecule has 0 saturated heterocycles. The summed E-state index contributed by atoms with van der Waals surface area (Å²) in [5, 5.41) is 3.88. The highest BCUT2D eigenvalue weighted by Gasteiger charge is 1.94. The summed E-state index contributed by atoms with van der Waals surface area (Å²) < 4.78 is 1.53. The minimum Gasteiger partial charge on any atom is -0.249 e. The van der Waals surface area contributed by atoms with E-state index in [1.807, 2.05) is 0 Å². The highest BCUT2D eigenvalue weighted by Crippen LogP contribution is 1.94. The van der Waals surface area contributed by atoms with Crippen LogP contribution in [0.15, 0.2) is 25.0 Å². The van der Waals surface area contributed by atoms with Crippen molar-refractivity contribution in [1.82, 2.24) is 24.7 Å². The minimum absolute atomic E-state index is 0.640. The number of aromatic nitrogens is 5. The Morgan fingerprint density at radius 2 is 2.45 bits per heavy atom. The van der Waals surface area contributed by atoms with E-state index in [2.05, 4.69) is 26.2 Å². The molecule has 0 spiro atoms. The van der Waals surface area contributed by atoms with Crippen molar-refractivity contribution in [2.45, 2.75) is 0 Å². The van der Waals surface area contributed by atoms with Crippen molar-refractivity contribution >= 4 is 0 Å². The standard InChI is InChI=1S/C6H4N5/c1-2-9-6(3-7-1)11-5-8-4-10-11/h2-5H. The number of nitrogens with zero attached hydrogens (tertiary/aromatic N) is 5. The van der Waals surface area contributed by atoms with E-state index < -0.39 is 0 Å². The quantitative estimate of drug-likeness (QED) is 0.561. The molecule has 0 saturated carbocycles. The molecular formula is C6H4N5. The Labute approximate surface area is 62.8 Å². The highest BCUT2D eigenvalue weighted by molar-refractivity contribution is 5.12. The summed E-state index contributed by atoms with van der Waals surface area (Å²) in [5.41, 5.74) is 0. The molecule has 11 heavy (non-hydrogen) atoms. The zero-order valence-corrected chi connectivity index (χ0v) is 5.55. The van der Waals surface area contributed by atoms with Crippen molar-refractivity contribution in [3.05, 3.63) is 31.2 Å². The molecule has 2 rings (SSSR count). The van der Waals surface area contributed by atoms with E-state index in [1.54, 1.807) is 12.5 Å². The van der Waals surface area contributed by atoms with E-state index in [-0.39, 0.29) is 0 Å². The van der Waals surface area contributed by atoms with Gasteiger partial charge >= 0.3 is 0 Å². The molecule has 1 radical (unpaired) electrons. The van der Waals surface area contributed by atoms with Crippen LogP contribution in [0.2, 0.25) is 0 Å². The predicted molar refractivity (Wildman–Crippen MR) is 35.8 cm³/mol. The third kappa shape index (κ3) is 1.07. The molecule has 2 aromatic heterocycles. The first kappa shape index (κ1) is 5.96. The molecule has 5 heteroatoms. The third-order valence-electron chi connectivity index (χ3n) is 1.16. The van der Waals surface area contributed by atoms with Gasteiger partial charge < -0.3 is 0 Å². The van der Waals surface area contributed by atoms with Crippen LogP contribution in [0.25, 0.3) is 5.82 Å². The van der Waals surface area contributed by atoms with Crippen LogP contribution in [0.1, 0.15) is 0 Å². The van der Waals surface area contributed by atoms with Gasteiger partial charge in [0.25, 0.3) is 0 Å². The van der Waals surface area contributed by atoms with Gasteiger partial charge in [0.1, 0.15) is 18.9 Å². The highest BCUT2D eigenvalue weighted by atomic mass is 15.3. The fourth-order valence-electron chi connectivity index (χ4n) is 0.702. The Morgan fingerprint density at radius 1 is 1.45 bits per heavy atom. The van der Waals surface area contributed by atoms with Crippen LogP contribution < -0.4 is 0 Å². The Hall–Kier alpha value is -1.78. The van der Waals surface area contributed by atoms with Gasteiger partial charge in [0, 0.05) is 0 Å². The summed E-state index contributed by atoms with van der Waals surface area (Å²) in [7, 11) is 0. The van der Waals surface area contributed by atoms with Crippen LogP contribution in [-0.2, 0) is 0 Å². The monoisotopic (exact) mass is 146 g/mol. The lowest BCUT2D eigenvalue weighted by Crippen LogP contribution is -1.97. The van der Waals surface area contributed by atoms with Crippen molar-refractivity contribution in [2.75, 3.05) is 0 Å². The summed E-state index contributed by atoms with van der Waals surface area (Å²) in [6.45, 7) is 0. The second kappa shape index (κ2) is 2.45. The second-order valence-electron chi connectivity index (χ2n) is 1.84. The number of hydrogen-bond acceptors (Lipinski definition) is 4. The van der Waals surface area contributed by atoms with Crippen molar-refractivity contribution in [3.63, 3.8) is 0 Å². The van der Waals surface area contributed by atoms with Gasteiger partial charge in [0.2, 0.25) is 0 Å². The van der Waals surface area contributed by atoms with E-state index in [0.717, 1.165) is 0 Å². The largest absolute Gasteiger partial charge is 0.249 e. The molecule has 0 atom stereocenters. The smallest absolute Gasteiger partial charge is 0.173 e. The molecule has 0 N–H and O–H groups in total. The summed E-state index contributed by atoms with van der Waals surface area (Å²) >= 11 is 0. The Morgan fingerprint density at radius 3 is 3.09 bits per heavy atom. The van der Waals surface area contributed by atoms with Crippen LogP contribution in [0, 0.1) is 6.20 Å². The summed E-state index contributed by atoms with van der Waals surface area (Å²) in [6, 6.07) is 0. The average molecular weight is 146 g/mol. The van der Waals surface area contributed by atoms with Gasteiger partial charge in [-0.05, 0) is 0 Å². The first-order valence-corrected chi connectivity index (χ1v) is 3.00. The lowest BCUT2D eigenvalue weighted by molar-refractivity contribution is 0.835. The summed E-state index contributed by atoms with van der Waals surface area (Å²) in [4.78, 5) is 11.5. The van der Waals surface area contributed by atoms with E-state index in [0.29, 0.717) is 5.82 Å². The van der Waals surface area contributed by atoms with Crippen molar-refractivity contribution in [2.24, 2.45) is 0 Å². The zero-order chi connectivity index (χ0) is 7.52. The molecule has 0 bridgehead atoms. The Kier molecular flexibility index (Phi) is 1.33. The van der Waals surface area contributed by atoms with E-state index in [9.17, 15) is 0 Å². The molecule has 0 amide bonds. The van der Waals surface area contributed by atoms with Gasteiger partial charge in [-0.3, -0.25) is 0 Å². The van der Waals surface area contributed by atoms with Crippen molar-refractivity contribution in [1.29, 1.82) is 0 Å². The first-order chi connectivity index (χ1) is 5.47. The Balaban J connectivity index is 2.46. The van der Waals surface area contributed by atoms with E-state index >= 15 is 0 Å². The molecule has 0 unspecified atom stereocenters. The SMILES string of the molecule is [c]1cnc(-n2cncn2)cn1. The van der Waals surface area contributed by atoms with Gasteiger partial charge in [0.05, 0.1) is 12.4 Å². The van der Waals surface area contributed by atoms with Crippen LogP contribution in [0.3, 0.4) is 0 Å². The molecule has 0 aliphatic rings. The van der Waals surface area contributed by atoms with Crippen LogP contribution in [0.4, 0.5) is 0 Å². The van der Waals surface area contributed by atoms with Crippen molar-refractivity contribution in [3.8, 4) is 5.82 Å². The summed E-state index contributed by atoms with van der Waals surface area (Å²) in [6.07, 6.45) is 8.62. The maximum Gasteiger partial charge on any atom is 0.173 e. The molecule has 0 fully saturated rings. The predicted octanol–water partition coefficient (Wildman–Crippen LogP) is -0.143. The van der Waals surface area contributed by atoms with Gasteiger partial charge in [-0.25, -0.2) is 19.6 Å². The first-order valence-electron chi connectivity index (χ1n) is 3.00. The second-order valence-corrected chi connectivity index (χ2v) is 1.84. The van der Waals surface area contributed by atoms with Crippen LogP contribution >= 0.6 is 0 Å².